The lowest BCUT2D eigenvalue weighted by Gasteiger charge is -2.38. The van der Waals surface area contributed by atoms with Gasteiger partial charge >= 0.3 is 5.69 Å². The van der Waals surface area contributed by atoms with Gasteiger partial charge in [-0.2, -0.15) is 0 Å². The average molecular weight is 288 g/mol. The molecule has 0 bridgehead atoms. The third kappa shape index (κ3) is 2.83. The SMILES string of the molecule is O=C(c1cc(=O)[nH]c(=O)[nH]1)N1CC(Oc2cccnc2)C1. The van der Waals surface area contributed by atoms with E-state index in [9.17, 15) is 14.4 Å². The monoisotopic (exact) mass is 288 g/mol. The van der Waals surface area contributed by atoms with Crippen molar-refractivity contribution in [2.75, 3.05) is 13.1 Å². The maximum atomic E-state index is 12.1. The number of amides is 1. The maximum Gasteiger partial charge on any atom is 0.326 e. The van der Waals surface area contributed by atoms with Crippen LogP contribution in [-0.2, 0) is 0 Å². The second-order valence-corrected chi connectivity index (χ2v) is 4.64. The summed E-state index contributed by atoms with van der Waals surface area (Å²) in [5.41, 5.74) is -1.33. The Bertz CT molecular complexity index is 733. The molecule has 3 heterocycles. The zero-order chi connectivity index (χ0) is 14.8. The van der Waals surface area contributed by atoms with Crippen LogP contribution in [-0.4, -0.2) is 45.0 Å². The topological polar surface area (TPSA) is 108 Å². The number of hydrogen-bond donors (Lipinski definition) is 2. The quantitative estimate of drug-likeness (QED) is 0.781. The predicted octanol–water partition coefficient (Wildman–Crippen LogP) is -0.638. The van der Waals surface area contributed by atoms with Crippen molar-refractivity contribution >= 4 is 5.91 Å². The zero-order valence-electron chi connectivity index (χ0n) is 10.9. The Morgan fingerprint density at radius 2 is 2.14 bits per heavy atom. The highest BCUT2D eigenvalue weighted by Gasteiger charge is 2.33. The highest BCUT2D eigenvalue weighted by Crippen LogP contribution is 2.17. The van der Waals surface area contributed by atoms with Gasteiger partial charge < -0.3 is 14.6 Å². The Morgan fingerprint density at radius 3 is 2.81 bits per heavy atom. The highest BCUT2D eigenvalue weighted by molar-refractivity contribution is 5.92. The molecular formula is C13H12N4O4. The molecule has 0 saturated carbocycles. The van der Waals surface area contributed by atoms with Gasteiger partial charge in [-0.05, 0) is 12.1 Å². The highest BCUT2D eigenvalue weighted by atomic mass is 16.5. The van der Waals surface area contributed by atoms with E-state index in [1.165, 1.54) is 4.90 Å². The van der Waals surface area contributed by atoms with Gasteiger partial charge in [0.1, 0.15) is 17.5 Å². The number of nitrogens with one attached hydrogen (secondary N) is 2. The van der Waals surface area contributed by atoms with Crippen LogP contribution in [0.3, 0.4) is 0 Å². The second-order valence-electron chi connectivity index (χ2n) is 4.64. The summed E-state index contributed by atoms with van der Waals surface area (Å²) < 4.78 is 5.62. The Kier molecular flexibility index (Phi) is 3.27. The average Bonchev–Trinajstić information content (AvgIpc) is 2.42. The van der Waals surface area contributed by atoms with E-state index in [4.69, 9.17) is 4.74 Å². The Hall–Kier alpha value is -2.90. The molecule has 108 valence electrons. The van der Waals surface area contributed by atoms with E-state index >= 15 is 0 Å². The molecule has 2 aromatic rings. The van der Waals surface area contributed by atoms with Gasteiger partial charge in [0.05, 0.1) is 19.3 Å². The normalized spacial score (nSPS) is 14.6. The minimum absolute atomic E-state index is 0.0245. The van der Waals surface area contributed by atoms with Crippen molar-refractivity contribution in [3.05, 3.63) is 57.1 Å². The van der Waals surface area contributed by atoms with Gasteiger partial charge in [0.2, 0.25) is 0 Å². The van der Waals surface area contributed by atoms with Crippen LogP contribution >= 0.6 is 0 Å². The van der Waals surface area contributed by atoms with Crippen LogP contribution < -0.4 is 16.0 Å². The van der Waals surface area contributed by atoms with Gasteiger partial charge in [-0.3, -0.25) is 19.6 Å². The summed E-state index contributed by atoms with van der Waals surface area (Å²) in [5.74, 6) is 0.239. The molecular weight excluding hydrogens is 276 g/mol. The number of nitrogens with zero attached hydrogens (tertiary/aromatic N) is 2. The summed E-state index contributed by atoms with van der Waals surface area (Å²) in [6, 6.07) is 4.61. The fourth-order valence-electron chi connectivity index (χ4n) is 2.04. The Balaban J connectivity index is 1.62. The molecule has 1 aliphatic heterocycles. The number of aromatic amines is 2. The molecule has 0 unspecified atom stereocenters. The van der Waals surface area contributed by atoms with Gasteiger partial charge in [0.25, 0.3) is 11.5 Å². The van der Waals surface area contributed by atoms with Crippen molar-refractivity contribution in [2.24, 2.45) is 0 Å². The smallest absolute Gasteiger partial charge is 0.326 e. The van der Waals surface area contributed by atoms with E-state index in [-0.39, 0.29) is 11.8 Å². The molecule has 1 amide bonds. The van der Waals surface area contributed by atoms with Crippen LogP contribution in [0.1, 0.15) is 10.5 Å². The van der Waals surface area contributed by atoms with Gasteiger partial charge in [-0.25, -0.2) is 4.79 Å². The molecule has 0 spiro atoms. The maximum absolute atomic E-state index is 12.1. The predicted molar refractivity (Wildman–Crippen MR) is 72.2 cm³/mol. The number of pyridine rings is 1. The summed E-state index contributed by atoms with van der Waals surface area (Å²) in [6.45, 7) is 0.783. The van der Waals surface area contributed by atoms with Gasteiger partial charge in [0.15, 0.2) is 0 Å². The van der Waals surface area contributed by atoms with E-state index < -0.39 is 17.2 Å². The molecule has 8 heteroatoms. The molecule has 1 saturated heterocycles. The lowest BCUT2D eigenvalue weighted by Crippen LogP contribution is -2.56. The standard InChI is InChI=1S/C13H12N4O4/c18-11-4-10(15-13(20)16-11)12(19)17-6-9(7-17)21-8-2-1-3-14-5-8/h1-5,9H,6-7H2,(H2,15,16,18,20). The molecule has 0 radical (unpaired) electrons. The van der Waals surface area contributed by atoms with Crippen LogP contribution in [0.2, 0.25) is 0 Å². The van der Waals surface area contributed by atoms with Crippen molar-refractivity contribution in [1.82, 2.24) is 19.9 Å². The fraction of sp³-hybridized carbons (Fsp3) is 0.231. The molecule has 21 heavy (non-hydrogen) atoms. The molecule has 0 aromatic carbocycles. The third-order valence-corrected chi connectivity index (χ3v) is 3.06. The molecule has 0 atom stereocenters. The van der Waals surface area contributed by atoms with E-state index in [0.29, 0.717) is 18.8 Å². The first-order valence-electron chi connectivity index (χ1n) is 6.31. The van der Waals surface area contributed by atoms with Crippen molar-refractivity contribution in [2.45, 2.75) is 6.10 Å². The molecule has 2 aromatic heterocycles. The van der Waals surface area contributed by atoms with Crippen LogP contribution in [0.25, 0.3) is 0 Å². The van der Waals surface area contributed by atoms with Crippen molar-refractivity contribution in [1.29, 1.82) is 0 Å². The Morgan fingerprint density at radius 1 is 1.33 bits per heavy atom. The van der Waals surface area contributed by atoms with Crippen molar-refractivity contribution in [3.8, 4) is 5.75 Å². The summed E-state index contributed by atoms with van der Waals surface area (Å²) >= 11 is 0. The lowest BCUT2D eigenvalue weighted by molar-refractivity contribution is 0.0171. The molecule has 1 fully saturated rings. The van der Waals surface area contributed by atoms with Gasteiger partial charge in [-0.15, -0.1) is 0 Å². The number of aromatic nitrogens is 3. The first kappa shape index (κ1) is 13.1. The lowest BCUT2D eigenvalue weighted by atomic mass is 10.1. The number of likely N-dealkylation sites (tertiary alicyclic amines) is 1. The number of ether oxygens (including phenoxy) is 1. The van der Waals surface area contributed by atoms with E-state index in [0.717, 1.165) is 6.07 Å². The number of rotatable bonds is 3. The summed E-state index contributed by atoms with van der Waals surface area (Å²) in [4.78, 5) is 44.1. The molecule has 0 aliphatic carbocycles. The summed E-state index contributed by atoms with van der Waals surface area (Å²) in [5, 5.41) is 0. The minimum atomic E-state index is -0.700. The number of carbonyl (C=O) groups is 1. The van der Waals surface area contributed by atoms with E-state index in [1.54, 1.807) is 24.5 Å². The van der Waals surface area contributed by atoms with E-state index in [1.807, 2.05) is 4.98 Å². The Labute approximate surface area is 118 Å². The minimum Gasteiger partial charge on any atom is -0.485 e. The molecule has 2 N–H and O–H groups in total. The van der Waals surface area contributed by atoms with Crippen LogP contribution in [0.15, 0.2) is 40.2 Å². The van der Waals surface area contributed by atoms with E-state index in [2.05, 4.69) is 9.97 Å². The first-order valence-corrected chi connectivity index (χ1v) is 6.31. The van der Waals surface area contributed by atoms with Crippen LogP contribution in [0.5, 0.6) is 5.75 Å². The largest absolute Gasteiger partial charge is 0.485 e. The summed E-state index contributed by atoms with van der Waals surface area (Å²) in [7, 11) is 0. The third-order valence-electron chi connectivity index (χ3n) is 3.06. The summed E-state index contributed by atoms with van der Waals surface area (Å²) in [6.07, 6.45) is 3.12. The zero-order valence-corrected chi connectivity index (χ0v) is 10.9. The molecule has 8 nitrogen and oxygen atoms in total. The van der Waals surface area contributed by atoms with Gasteiger partial charge in [0, 0.05) is 12.3 Å². The fourth-order valence-corrected chi connectivity index (χ4v) is 2.04. The number of carbonyl (C=O) groups excluding carboxylic acids is 1. The van der Waals surface area contributed by atoms with Crippen LogP contribution in [0, 0.1) is 0 Å². The van der Waals surface area contributed by atoms with Gasteiger partial charge in [-0.1, -0.05) is 0 Å². The van der Waals surface area contributed by atoms with Crippen LogP contribution in [0.4, 0.5) is 0 Å². The first-order chi connectivity index (χ1) is 10.1. The number of H-pyrrole nitrogens is 2. The second kappa shape index (κ2) is 5.23. The molecule has 1 aliphatic rings. The number of hydrogen-bond acceptors (Lipinski definition) is 5. The van der Waals surface area contributed by atoms with Crippen molar-refractivity contribution in [3.63, 3.8) is 0 Å². The molecule has 3 rings (SSSR count). The van der Waals surface area contributed by atoms with Crippen molar-refractivity contribution < 1.29 is 9.53 Å².